The largest absolute Gasteiger partial charge is 0.507 e. The number of ether oxygens (including phenoxy) is 6. The van der Waals surface area contributed by atoms with Crippen molar-refractivity contribution in [3.63, 3.8) is 0 Å². The van der Waals surface area contributed by atoms with E-state index in [1.165, 1.54) is 38.3 Å². The molecule has 2 aromatic carbocycles. The standard InChI is InChI=1S/C38H42O13/c1-16-23(39)8-10-29(48-16)50-26-9-11-30(49-17(26)2)51-37-18(3)47-28(13-24(37)40)19-6-7-20-33(34(19)42)36(44)21-12-27(46-5)22-14-38(4,45)15-25(41)31(22)32(21)35(20)43/h6-8,10,12,16-18,24,26,28-30,37,40,42,45H,9,11,13-15H2,1-5H3/t16-,17-,18+,24-,26-,28+,29+,30-,37+,38+/m0/s1. The first-order valence-corrected chi connectivity index (χ1v) is 17.3. The van der Waals surface area contributed by atoms with Crippen LogP contribution in [0.15, 0.2) is 30.4 Å². The monoisotopic (exact) mass is 706 g/mol. The third-order valence-corrected chi connectivity index (χ3v) is 10.5. The van der Waals surface area contributed by atoms with Crippen molar-refractivity contribution >= 4 is 23.1 Å². The van der Waals surface area contributed by atoms with Gasteiger partial charge in [0.2, 0.25) is 0 Å². The van der Waals surface area contributed by atoms with Crippen molar-refractivity contribution in [2.75, 3.05) is 7.11 Å². The number of aliphatic hydroxyl groups is 2. The third kappa shape index (κ3) is 6.35. The normalized spacial score (nSPS) is 34.9. The van der Waals surface area contributed by atoms with E-state index in [0.29, 0.717) is 18.4 Å². The zero-order valence-corrected chi connectivity index (χ0v) is 29.0. The SMILES string of the molecule is COc1cc2c(c3c1C[C@@](C)(O)CC3=O)C(=O)c1ccc([C@H]3C[C@H](O)[C@H](O[C@H]4CC[C@H](O[C@@H]5C=CC(=O)[C@H](C)O5)[C@H](C)O4)[C@@H](C)O3)c(O)c1C2=O. The van der Waals surface area contributed by atoms with Crippen molar-refractivity contribution in [2.45, 2.75) is 121 Å². The van der Waals surface area contributed by atoms with Crippen LogP contribution in [0.2, 0.25) is 0 Å². The van der Waals surface area contributed by atoms with Crippen molar-refractivity contribution in [3.8, 4) is 11.5 Å². The predicted octanol–water partition coefficient (Wildman–Crippen LogP) is 3.43. The summed E-state index contributed by atoms with van der Waals surface area (Å²) in [7, 11) is 1.38. The molecule has 10 atom stereocenters. The van der Waals surface area contributed by atoms with Crippen LogP contribution in [-0.4, -0.2) is 100 Å². The second-order valence-corrected chi connectivity index (χ2v) is 14.4. The maximum atomic E-state index is 14.0. The van der Waals surface area contributed by atoms with Crippen LogP contribution < -0.4 is 4.74 Å². The van der Waals surface area contributed by atoms with Crippen molar-refractivity contribution < 1.29 is 62.9 Å². The highest BCUT2D eigenvalue weighted by Gasteiger charge is 2.45. The van der Waals surface area contributed by atoms with Gasteiger partial charge in [0.15, 0.2) is 35.7 Å². The first-order valence-electron chi connectivity index (χ1n) is 17.3. The van der Waals surface area contributed by atoms with Gasteiger partial charge in [-0.15, -0.1) is 0 Å². The number of carbonyl (C=O) groups excluding carboxylic acids is 4. The Hall–Kier alpha value is -3.82. The Morgan fingerprint density at radius 1 is 0.882 bits per heavy atom. The lowest BCUT2D eigenvalue weighted by atomic mass is 9.72. The fourth-order valence-electron chi connectivity index (χ4n) is 7.93. The Balaban J connectivity index is 1.06. The molecule has 0 bridgehead atoms. The number of methoxy groups -OCH3 is 1. The molecule has 2 aromatic rings. The topological polar surface area (TPSA) is 184 Å². The third-order valence-electron chi connectivity index (χ3n) is 10.5. The molecule has 3 N–H and O–H groups in total. The quantitative estimate of drug-likeness (QED) is 0.339. The molecular formula is C38H42O13. The van der Waals surface area contributed by atoms with Gasteiger partial charge < -0.3 is 43.7 Å². The number of hydrogen-bond acceptors (Lipinski definition) is 13. The lowest BCUT2D eigenvalue weighted by Crippen LogP contribution is -2.50. The van der Waals surface area contributed by atoms with E-state index in [1.54, 1.807) is 19.9 Å². The van der Waals surface area contributed by atoms with E-state index in [2.05, 4.69) is 0 Å². The van der Waals surface area contributed by atoms with Crippen LogP contribution in [0.25, 0.3) is 0 Å². The number of phenolic OH excluding ortho intramolecular Hbond substituents is 1. The van der Waals surface area contributed by atoms with E-state index in [-0.39, 0.29) is 76.4 Å². The molecule has 5 aliphatic rings. The molecule has 13 heteroatoms. The molecule has 3 heterocycles. The van der Waals surface area contributed by atoms with Crippen molar-refractivity contribution in [1.82, 2.24) is 0 Å². The first kappa shape index (κ1) is 35.6. The maximum absolute atomic E-state index is 14.0. The number of Topliss-reactive ketones (excluding diaryl/α,β-unsaturated/α-hetero) is 1. The summed E-state index contributed by atoms with van der Waals surface area (Å²) in [4.78, 5) is 52.9. The summed E-state index contributed by atoms with van der Waals surface area (Å²) >= 11 is 0. The Kier molecular flexibility index (Phi) is 9.28. The van der Waals surface area contributed by atoms with Gasteiger partial charge in [-0.2, -0.15) is 0 Å². The number of ketones is 4. The number of rotatable bonds is 6. The summed E-state index contributed by atoms with van der Waals surface area (Å²) in [5.41, 5.74) is -1.11. The smallest absolute Gasteiger partial charge is 0.198 e. The van der Waals surface area contributed by atoms with Crippen molar-refractivity contribution in [1.29, 1.82) is 0 Å². The van der Waals surface area contributed by atoms with E-state index in [1.807, 2.05) is 6.92 Å². The highest BCUT2D eigenvalue weighted by Crippen LogP contribution is 2.46. The zero-order valence-electron chi connectivity index (χ0n) is 29.0. The van der Waals surface area contributed by atoms with Crippen LogP contribution in [0.5, 0.6) is 11.5 Å². The summed E-state index contributed by atoms with van der Waals surface area (Å²) in [6.07, 6.45) is -1.88. The maximum Gasteiger partial charge on any atom is 0.198 e. The average Bonchev–Trinajstić information content (AvgIpc) is 3.06. The first-order chi connectivity index (χ1) is 24.2. The lowest BCUT2D eigenvalue weighted by molar-refractivity contribution is -0.292. The summed E-state index contributed by atoms with van der Waals surface area (Å²) in [5.74, 6) is -2.10. The molecule has 3 aliphatic heterocycles. The van der Waals surface area contributed by atoms with Gasteiger partial charge >= 0.3 is 0 Å². The minimum absolute atomic E-state index is 0.0199. The number of benzene rings is 2. The molecule has 0 radical (unpaired) electrons. The van der Waals surface area contributed by atoms with Gasteiger partial charge in [-0.05, 0) is 58.4 Å². The van der Waals surface area contributed by atoms with Crippen LogP contribution >= 0.6 is 0 Å². The summed E-state index contributed by atoms with van der Waals surface area (Å²) < 4.78 is 35.7. The molecule has 0 aromatic heterocycles. The molecule has 0 saturated carbocycles. The molecule has 2 saturated heterocycles. The van der Waals surface area contributed by atoms with E-state index >= 15 is 0 Å². The van der Waals surface area contributed by atoms with Crippen LogP contribution in [0.4, 0.5) is 0 Å². The van der Waals surface area contributed by atoms with Gasteiger partial charge in [0.05, 0.1) is 48.8 Å². The molecule has 2 aliphatic carbocycles. The number of hydrogen-bond donors (Lipinski definition) is 3. The highest BCUT2D eigenvalue weighted by molar-refractivity contribution is 6.32. The number of aromatic hydroxyl groups is 1. The van der Waals surface area contributed by atoms with Crippen LogP contribution in [0.3, 0.4) is 0 Å². The zero-order chi connectivity index (χ0) is 36.5. The average molecular weight is 707 g/mol. The number of fused-ring (bicyclic) bond motifs is 4. The Morgan fingerprint density at radius 3 is 2.31 bits per heavy atom. The molecule has 0 amide bonds. The summed E-state index contributed by atoms with van der Waals surface area (Å²) in [6.45, 7) is 6.79. The van der Waals surface area contributed by atoms with E-state index in [0.717, 1.165) is 0 Å². The second kappa shape index (κ2) is 13.3. The predicted molar refractivity (Wildman–Crippen MR) is 177 cm³/mol. The van der Waals surface area contributed by atoms with Crippen LogP contribution in [0, 0.1) is 0 Å². The Bertz CT molecular complexity index is 1820. The molecular weight excluding hydrogens is 664 g/mol. The van der Waals surface area contributed by atoms with Gasteiger partial charge in [0, 0.05) is 59.1 Å². The van der Waals surface area contributed by atoms with Gasteiger partial charge in [-0.25, -0.2) is 0 Å². The summed E-state index contributed by atoms with van der Waals surface area (Å²) in [6, 6.07) is 4.31. The van der Waals surface area contributed by atoms with Crippen LogP contribution in [0.1, 0.15) is 113 Å². The van der Waals surface area contributed by atoms with Crippen molar-refractivity contribution in [2.24, 2.45) is 0 Å². The Morgan fingerprint density at radius 2 is 1.63 bits per heavy atom. The second-order valence-electron chi connectivity index (χ2n) is 14.4. The van der Waals surface area contributed by atoms with Gasteiger partial charge in [-0.1, -0.05) is 6.07 Å². The summed E-state index contributed by atoms with van der Waals surface area (Å²) in [5, 5.41) is 33.5. The minimum atomic E-state index is -1.34. The molecule has 0 spiro atoms. The van der Waals surface area contributed by atoms with E-state index in [4.69, 9.17) is 28.4 Å². The van der Waals surface area contributed by atoms with E-state index in [9.17, 15) is 34.5 Å². The van der Waals surface area contributed by atoms with Crippen molar-refractivity contribution in [3.05, 3.63) is 69.3 Å². The molecule has 13 nitrogen and oxygen atoms in total. The van der Waals surface area contributed by atoms with Gasteiger partial charge in [0.1, 0.15) is 23.7 Å². The molecule has 0 unspecified atom stereocenters. The molecule has 7 rings (SSSR count). The fourth-order valence-corrected chi connectivity index (χ4v) is 7.93. The number of aliphatic hydroxyl groups excluding tert-OH is 1. The number of phenols is 1. The minimum Gasteiger partial charge on any atom is -0.507 e. The highest BCUT2D eigenvalue weighted by atomic mass is 16.7. The lowest BCUT2D eigenvalue weighted by Gasteiger charge is -2.42. The van der Waals surface area contributed by atoms with Crippen LogP contribution in [-0.2, 0) is 34.9 Å². The molecule has 51 heavy (non-hydrogen) atoms. The number of carbonyl (C=O) groups is 4. The van der Waals surface area contributed by atoms with Gasteiger partial charge in [-0.3, -0.25) is 19.2 Å². The van der Waals surface area contributed by atoms with Gasteiger partial charge in [0.25, 0.3) is 0 Å². The Labute approximate surface area is 294 Å². The molecule has 272 valence electrons. The van der Waals surface area contributed by atoms with E-state index < -0.39 is 71.8 Å². The fraction of sp³-hybridized carbons (Fsp3) is 0.526. The molecule has 2 fully saturated rings.